The third kappa shape index (κ3) is 2.06. The minimum atomic E-state index is -4.80. The Labute approximate surface area is 145 Å². The zero-order valence-corrected chi connectivity index (χ0v) is 13.4. The summed E-state index contributed by atoms with van der Waals surface area (Å²) >= 11 is 0. The largest absolute Gasteiger partial charge is 0.417 e. The van der Waals surface area contributed by atoms with Gasteiger partial charge in [0.05, 0.1) is 52.5 Å². The minimum Gasteiger partial charge on any atom is -0.390 e. The van der Waals surface area contributed by atoms with Gasteiger partial charge in [0.1, 0.15) is 0 Å². The molecule has 1 N–H and O–H groups in total. The summed E-state index contributed by atoms with van der Waals surface area (Å²) in [5.74, 6) is -3.09. The molecule has 3 heterocycles. The number of amides is 2. The number of carbonyl (C=O) groups excluding carboxylic acids is 2. The molecule has 0 spiro atoms. The van der Waals surface area contributed by atoms with Crippen LogP contribution in [0.1, 0.15) is 24.5 Å². The number of nitriles is 1. The number of aliphatic hydroxyl groups excluding tert-OH is 1. The molecule has 2 bridgehead atoms. The predicted molar refractivity (Wildman–Crippen MR) is 79.5 cm³/mol. The Morgan fingerprint density at radius 2 is 2.04 bits per heavy atom. The Bertz CT molecular complexity index is 878. The third-order valence-electron chi connectivity index (χ3n) is 5.45. The van der Waals surface area contributed by atoms with Crippen molar-refractivity contribution in [2.45, 2.75) is 37.3 Å². The molecule has 1 aromatic carbocycles. The van der Waals surface area contributed by atoms with Crippen molar-refractivity contribution in [1.29, 1.82) is 5.26 Å². The fraction of sp³-hybridized carbons (Fsp3) is 0.471. The van der Waals surface area contributed by atoms with Gasteiger partial charge in [0.2, 0.25) is 11.8 Å². The number of hydrogen-bond donors (Lipinski definition) is 1. The van der Waals surface area contributed by atoms with Crippen LogP contribution in [0.4, 0.5) is 18.9 Å². The second-order valence-corrected chi connectivity index (χ2v) is 7.02. The zero-order valence-electron chi connectivity index (χ0n) is 13.4. The number of hydrogen-bond acceptors (Lipinski definition) is 5. The summed E-state index contributed by atoms with van der Waals surface area (Å²) in [6.07, 6.45) is -6.35. The molecule has 3 aliphatic heterocycles. The molecule has 0 aliphatic carbocycles. The first kappa shape index (κ1) is 17.0. The van der Waals surface area contributed by atoms with Crippen LogP contribution in [0.25, 0.3) is 0 Å². The van der Waals surface area contributed by atoms with E-state index in [0.717, 1.165) is 17.0 Å². The molecule has 5 atom stereocenters. The molecule has 3 unspecified atom stereocenters. The number of imide groups is 1. The van der Waals surface area contributed by atoms with Gasteiger partial charge in [-0.3, -0.25) is 9.59 Å². The summed E-state index contributed by atoms with van der Waals surface area (Å²) in [5, 5.41) is 18.9. The Balaban J connectivity index is 1.78. The Hall–Kier alpha value is -2.44. The number of fused-ring (bicyclic) bond motifs is 5. The summed E-state index contributed by atoms with van der Waals surface area (Å²) in [4.78, 5) is 26.3. The van der Waals surface area contributed by atoms with Crippen molar-refractivity contribution >= 4 is 17.5 Å². The monoisotopic (exact) mass is 366 g/mol. The maximum absolute atomic E-state index is 13.2. The van der Waals surface area contributed by atoms with E-state index < -0.39 is 58.8 Å². The lowest BCUT2D eigenvalue weighted by Crippen LogP contribution is -2.42. The molecule has 2 amide bonds. The lowest BCUT2D eigenvalue weighted by atomic mass is 9.73. The Morgan fingerprint density at radius 1 is 1.35 bits per heavy atom. The number of alkyl halides is 3. The van der Waals surface area contributed by atoms with Crippen LogP contribution < -0.4 is 4.90 Å². The summed E-state index contributed by atoms with van der Waals surface area (Å²) < 4.78 is 45.2. The lowest BCUT2D eigenvalue weighted by molar-refractivity contribution is -0.138. The normalized spacial score (nSPS) is 35.8. The number of aliphatic hydroxyl groups is 1. The first-order chi connectivity index (χ1) is 12.1. The van der Waals surface area contributed by atoms with Gasteiger partial charge in [0, 0.05) is 6.42 Å². The van der Waals surface area contributed by atoms with Gasteiger partial charge in [0.15, 0.2) is 0 Å². The van der Waals surface area contributed by atoms with Crippen LogP contribution in [0.3, 0.4) is 0 Å². The van der Waals surface area contributed by atoms with Crippen LogP contribution >= 0.6 is 0 Å². The van der Waals surface area contributed by atoms with Crippen LogP contribution in [0.2, 0.25) is 0 Å². The standard InChI is InChI=1S/C17H13F3N2O4/c1-16-5-10(23)13(26-16)11-12(16)15(25)22(14(11)24)8-3-2-7(6-21)9(4-8)17(18,19)20/h2-4,10-13,23H,5H2,1H3/t10-,11?,12+,13?,16?/m1/s1. The smallest absolute Gasteiger partial charge is 0.390 e. The molecule has 1 aromatic rings. The molecular formula is C17H13F3N2O4. The molecule has 3 fully saturated rings. The maximum Gasteiger partial charge on any atom is 0.417 e. The van der Waals surface area contributed by atoms with E-state index in [1.165, 1.54) is 6.07 Å². The van der Waals surface area contributed by atoms with Gasteiger partial charge >= 0.3 is 6.18 Å². The fourth-order valence-electron chi connectivity index (χ4n) is 4.40. The number of ether oxygens (including phenoxy) is 1. The molecule has 6 nitrogen and oxygen atoms in total. The molecule has 3 aliphatic rings. The van der Waals surface area contributed by atoms with Crippen molar-refractivity contribution in [2.24, 2.45) is 11.8 Å². The average molecular weight is 366 g/mol. The molecule has 0 saturated carbocycles. The fourth-order valence-corrected chi connectivity index (χ4v) is 4.40. The zero-order chi connectivity index (χ0) is 19.0. The van der Waals surface area contributed by atoms with Crippen molar-refractivity contribution in [3.63, 3.8) is 0 Å². The van der Waals surface area contributed by atoms with E-state index >= 15 is 0 Å². The van der Waals surface area contributed by atoms with Crippen molar-refractivity contribution in [3.05, 3.63) is 29.3 Å². The molecule has 0 radical (unpaired) electrons. The second-order valence-electron chi connectivity index (χ2n) is 7.02. The van der Waals surface area contributed by atoms with Crippen molar-refractivity contribution in [3.8, 4) is 6.07 Å². The topological polar surface area (TPSA) is 90.6 Å². The van der Waals surface area contributed by atoms with Crippen LogP contribution in [0.15, 0.2) is 18.2 Å². The highest BCUT2D eigenvalue weighted by Crippen LogP contribution is 2.55. The second kappa shape index (κ2) is 5.05. The van der Waals surface area contributed by atoms with Gasteiger partial charge in [-0.25, -0.2) is 4.90 Å². The molecule has 0 aromatic heterocycles. The van der Waals surface area contributed by atoms with E-state index in [1.54, 1.807) is 6.92 Å². The van der Waals surface area contributed by atoms with Crippen molar-refractivity contribution in [2.75, 3.05) is 4.90 Å². The Kier molecular flexibility index (Phi) is 3.30. The minimum absolute atomic E-state index is 0.187. The van der Waals surface area contributed by atoms with Crippen LogP contribution in [-0.4, -0.2) is 34.7 Å². The summed E-state index contributed by atoms with van der Waals surface area (Å²) in [6, 6.07) is 4.18. The van der Waals surface area contributed by atoms with Crippen molar-refractivity contribution in [1.82, 2.24) is 0 Å². The van der Waals surface area contributed by atoms with Crippen molar-refractivity contribution < 1.29 is 32.6 Å². The summed E-state index contributed by atoms with van der Waals surface area (Å²) in [6.45, 7) is 1.62. The van der Waals surface area contributed by atoms with Crippen LogP contribution in [-0.2, 0) is 20.5 Å². The quantitative estimate of drug-likeness (QED) is 0.763. The molecule has 3 saturated heterocycles. The number of anilines is 1. The van der Waals surface area contributed by atoms with Gasteiger partial charge in [-0.15, -0.1) is 0 Å². The first-order valence-corrected chi connectivity index (χ1v) is 7.93. The molecule has 4 rings (SSSR count). The van der Waals surface area contributed by atoms with Crippen LogP contribution in [0, 0.1) is 23.2 Å². The first-order valence-electron chi connectivity index (χ1n) is 7.93. The molecular weight excluding hydrogens is 353 g/mol. The number of rotatable bonds is 1. The highest BCUT2D eigenvalue weighted by atomic mass is 19.4. The van der Waals surface area contributed by atoms with Gasteiger partial charge in [-0.1, -0.05) is 0 Å². The number of carbonyl (C=O) groups is 2. The number of halogens is 3. The number of nitrogens with zero attached hydrogens (tertiary/aromatic N) is 2. The van der Waals surface area contributed by atoms with Gasteiger partial charge in [0.25, 0.3) is 0 Å². The highest BCUT2D eigenvalue weighted by Gasteiger charge is 2.70. The number of benzene rings is 1. The van der Waals surface area contributed by atoms with E-state index in [2.05, 4.69) is 0 Å². The van der Waals surface area contributed by atoms with E-state index in [0.29, 0.717) is 6.07 Å². The van der Waals surface area contributed by atoms with E-state index in [4.69, 9.17) is 10.00 Å². The molecule has 9 heteroatoms. The average Bonchev–Trinajstić information content (AvgIpc) is 3.12. The van der Waals surface area contributed by atoms with E-state index in [9.17, 15) is 27.9 Å². The SMILES string of the molecule is CC12C[C@@H](O)C(O1)C1C(=O)N(c3ccc(C#N)c(C(F)(F)F)c3)C(=O)[C@H]12. The maximum atomic E-state index is 13.2. The predicted octanol–water partition coefficient (Wildman–Crippen LogP) is 1.60. The summed E-state index contributed by atoms with van der Waals surface area (Å²) in [5.41, 5.74) is -3.06. The van der Waals surface area contributed by atoms with E-state index in [-0.39, 0.29) is 12.1 Å². The molecule has 136 valence electrons. The molecule has 26 heavy (non-hydrogen) atoms. The third-order valence-corrected chi connectivity index (χ3v) is 5.45. The highest BCUT2D eigenvalue weighted by molar-refractivity contribution is 6.23. The van der Waals surface area contributed by atoms with E-state index in [1.807, 2.05) is 0 Å². The lowest BCUT2D eigenvalue weighted by Gasteiger charge is -2.27. The Morgan fingerprint density at radius 3 is 2.65 bits per heavy atom. The van der Waals surface area contributed by atoms with Gasteiger partial charge < -0.3 is 9.84 Å². The summed E-state index contributed by atoms with van der Waals surface area (Å²) in [7, 11) is 0. The van der Waals surface area contributed by atoms with Gasteiger partial charge in [-0.05, 0) is 25.1 Å². The van der Waals surface area contributed by atoms with Gasteiger partial charge in [-0.2, -0.15) is 18.4 Å². The van der Waals surface area contributed by atoms with Crippen LogP contribution in [0.5, 0.6) is 0 Å².